The maximum atomic E-state index is 4.64. The normalized spacial score (nSPS) is 12.0. The molecule has 0 unspecified atom stereocenters. The minimum absolute atomic E-state index is 0.210. The van der Waals surface area contributed by atoms with Gasteiger partial charge in [0.2, 0.25) is 5.95 Å². The van der Waals surface area contributed by atoms with Gasteiger partial charge in [0.05, 0.1) is 5.69 Å². The van der Waals surface area contributed by atoms with Crippen molar-refractivity contribution in [2.24, 2.45) is 0 Å². The molecule has 3 aromatic heterocycles. The Balaban J connectivity index is 1.75. The highest BCUT2D eigenvalue weighted by Gasteiger charge is 2.09. The Bertz CT molecular complexity index is 817. The molecule has 0 spiro atoms. The molecule has 0 fully saturated rings. The number of pyridine rings is 2. The standard InChI is InChI=1S/C19H21N5/c1-13-6-7-17(15(3)22-13)18-8-10-21-19(24-18)23-14(2)11-16-5-4-9-20-12-16/h4-10,12,14H,11H2,1-3H3,(H,21,23,24)/t14-/m1/s1. The van der Waals surface area contributed by atoms with E-state index in [2.05, 4.69) is 44.3 Å². The zero-order valence-corrected chi connectivity index (χ0v) is 14.2. The number of aromatic nitrogens is 4. The first-order valence-corrected chi connectivity index (χ1v) is 8.05. The molecule has 0 aliphatic heterocycles. The Morgan fingerprint density at radius 2 is 1.92 bits per heavy atom. The molecule has 3 rings (SSSR count). The Hall–Kier alpha value is -2.82. The second-order valence-electron chi connectivity index (χ2n) is 5.96. The van der Waals surface area contributed by atoms with Gasteiger partial charge in [0.15, 0.2) is 0 Å². The van der Waals surface area contributed by atoms with Crippen LogP contribution in [0.4, 0.5) is 5.95 Å². The van der Waals surface area contributed by atoms with E-state index in [-0.39, 0.29) is 6.04 Å². The van der Waals surface area contributed by atoms with Crippen LogP contribution in [0.15, 0.2) is 48.9 Å². The fourth-order valence-electron chi connectivity index (χ4n) is 2.68. The predicted molar refractivity (Wildman–Crippen MR) is 95.8 cm³/mol. The van der Waals surface area contributed by atoms with E-state index in [0.29, 0.717) is 5.95 Å². The number of rotatable bonds is 5. The van der Waals surface area contributed by atoms with E-state index in [1.54, 1.807) is 12.4 Å². The molecule has 0 saturated carbocycles. The van der Waals surface area contributed by atoms with Crippen LogP contribution in [0.3, 0.4) is 0 Å². The molecule has 3 heterocycles. The predicted octanol–water partition coefficient (Wildman–Crippen LogP) is 3.59. The summed E-state index contributed by atoms with van der Waals surface area (Å²) in [6, 6.07) is 10.2. The summed E-state index contributed by atoms with van der Waals surface area (Å²) in [4.78, 5) is 17.6. The van der Waals surface area contributed by atoms with Gasteiger partial charge in [0.25, 0.3) is 0 Å². The first-order valence-electron chi connectivity index (χ1n) is 8.05. The largest absolute Gasteiger partial charge is 0.351 e. The monoisotopic (exact) mass is 319 g/mol. The molecule has 122 valence electrons. The summed E-state index contributed by atoms with van der Waals surface area (Å²) in [6.45, 7) is 6.11. The molecule has 0 amide bonds. The molecule has 0 aliphatic rings. The molecule has 0 bridgehead atoms. The Kier molecular flexibility index (Phi) is 4.79. The van der Waals surface area contributed by atoms with E-state index >= 15 is 0 Å². The molecule has 0 radical (unpaired) electrons. The molecular formula is C19H21N5. The van der Waals surface area contributed by atoms with Crippen LogP contribution < -0.4 is 5.32 Å². The van der Waals surface area contributed by atoms with Crippen molar-refractivity contribution in [3.05, 3.63) is 65.9 Å². The van der Waals surface area contributed by atoms with Gasteiger partial charge in [-0.2, -0.15) is 0 Å². The summed E-state index contributed by atoms with van der Waals surface area (Å²) in [5.74, 6) is 0.629. The minimum Gasteiger partial charge on any atom is -0.351 e. The van der Waals surface area contributed by atoms with E-state index in [9.17, 15) is 0 Å². The maximum Gasteiger partial charge on any atom is 0.223 e. The summed E-state index contributed by atoms with van der Waals surface area (Å²) in [5.41, 5.74) is 5.08. The highest BCUT2D eigenvalue weighted by Crippen LogP contribution is 2.21. The average Bonchev–Trinajstić information content (AvgIpc) is 2.56. The van der Waals surface area contributed by atoms with E-state index < -0.39 is 0 Å². The van der Waals surface area contributed by atoms with Crippen LogP contribution in [-0.4, -0.2) is 26.0 Å². The fraction of sp³-hybridized carbons (Fsp3) is 0.263. The fourth-order valence-corrected chi connectivity index (χ4v) is 2.68. The van der Waals surface area contributed by atoms with Crippen molar-refractivity contribution in [1.29, 1.82) is 0 Å². The van der Waals surface area contributed by atoms with Gasteiger partial charge >= 0.3 is 0 Å². The second-order valence-corrected chi connectivity index (χ2v) is 5.96. The van der Waals surface area contributed by atoms with E-state index in [1.807, 2.05) is 38.2 Å². The van der Waals surface area contributed by atoms with Gasteiger partial charge < -0.3 is 5.32 Å². The Morgan fingerprint density at radius 1 is 1.04 bits per heavy atom. The Morgan fingerprint density at radius 3 is 2.67 bits per heavy atom. The number of hydrogen-bond donors (Lipinski definition) is 1. The van der Waals surface area contributed by atoms with E-state index in [4.69, 9.17) is 0 Å². The molecular weight excluding hydrogens is 298 g/mol. The lowest BCUT2D eigenvalue weighted by Crippen LogP contribution is -2.19. The molecule has 0 saturated heterocycles. The summed E-state index contributed by atoms with van der Waals surface area (Å²) >= 11 is 0. The summed E-state index contributed by atoms with van der Waals surface area (Å²) in [7, 11) is 0. The molecule has 0 aromatic carbocycles. The third kappa shape index (κ3) is 3.93. The van der Waals surface area contributed by atoms with Crippen molar-refractivity contribution in [2.75, 3.05) is 5.32 Å². The van der Waals surface area contributed by atoms with Gasteiger partial charge in [0, 0.05) is 41.6 Å². The molecule has 5 nitrogen and oxygen atoms in total. The minimum atomic E-state index is 0.210. The highest BCUT2D eigenvalue weighted by molar-refractivity contribution is 5.62. The van der Waals surface area contributed by atoms with Crippen LogP contribution in [0.1, 0.15) is 23.9 Å². The Labute approximate surface area is 142 Å². The summed E-state index contributed by atoms with van der Waals surface area (Å²) in [6.07, 6.45) is 6.32. The zero-order valence-electron chi connectivity index (χ0n) is 14.2. The zero-order chi connectivity index (χ0) is 16.9. The molecule has 0 aliphatic carbocycles. The van der Waals surface area contributed by atoms with Gasteiger partial charge in [-0.3, -0.25) is 9.97 Å². The number of nitrogens with one attached hydrogen (secondary N) is 1. The van der Waals surface area contributed by atoms with Crippen molar-refractivity contribution >= 4 is 5.95 Å². The van der Waals surface area contributed by atoms with Crippen molar-refractivity contribution in [3.8, 4) is 11.3 Å². The van der Waals surface area contributed by atoms with Crippen molar-refractivity contribution in [3.63, 3.8) is 0 Å². The molecule has 1 N–H and O–H groups in total. The SMILES string of the molecule is Cc1ccc(-c2ccnc(N[C@H](C)Cc3cccnc3)n2)c(C)n1. The number of anilines is 1. The molecule has 24 heavy (non-hydrogen) atoms. The number of hydrogen-bond acceptors (Lipinski definition) is 5. The third-order valence-electron chi connectivity index (χ3n) is 3.80. The van der Waals surface area contributed by atoms with Crippen molar-refractivity contribution in [1.82, 2.24) is 19.9 Å². The van der Waals surface area contributed by atoms with E-state index in [0.717, 1.165) is 29.1 Å². The van der Waals surface area contributed by atoms with Crippen molar-refractivity contribution in [2.45, 2.75) is 33.2 Å². The van der Waals surface area contributed by atoms with Crippen LogP contribution in [0.5, 0.6) is 0 Å². The van der Waals surface area contributed by atoms with Gasteiger partial charge in [-0.25, -0.2) is 9.97 Å². The quantitative estimate of drug-likeness (QED) is 0.778. The molecule has 1 atom stereocenters. The first-order chi connectivity index (χ1) is 11.6. The van der Waals surface area contributed by atoms with Crippen LogP contribution in [-0.2, 0) is 6.42 Å². The average molecular weight is 319 g/mol. The number of aryl methyl sites for hydroxylation is 2. The molecule has 5 heteroatoms. The summed E-state index contributed by atoms with van der Waals surface area (Å²) < 4.78 is 0. The number of nitrogens with zero attached hydrogens (tertiary/aromatic N) is 4. The lowest BCUT2D eigenvalue weighted by Gasteiger charge is -2.14. The van der Waals surface area contributed by atoms with Crippen molar-refractivity contribution < 1.29 is 0 Å². The molecule has 3 aromatic rings. The van der Waals surface area contributed by atoms with Crippen LogP contribution in [0.2, 0.25) is 0 Å². The van der Waals surface area contributed by atoms with Crippen LogP contribution in [0, 0.1) is 13.8 Å². The summed E-state index contributed by atoms with van der Waals surface area (Å²) in [5, 5.41) is 3.36. The van der Waals surface area contributed by atoms with Gasteiger partial charge in [-0.1, -0.05) is 6.07 Å². The smallest absolute Gasteiger partial charge is 0.223 e. The van der Waals surface area contributed by atoms with Gasteiger partial charge in [-0.15, -0.1) is 0 Å². The third-order valence-corrected chi connectivity index (χ3v) is 3.80. The van der Waals surface area contributed by atoms with Crippen LogP contribution in [0.25, 0.3) is 11.3 Å². The highest BCUT2D eigenvalue weighted by atomic mass is 15.1. The van der Waals surface area contributed by atoms with Gasteiger partial charge in [0.1, 0.15) is 0 Å². The maximum absolute atomic E-state index is 4.64. The van der Waals surface area contributed by atoms with E-state index in [1.165, 1.54) is 5.56 Å². The van der Waals surface area contributed by atoms with Gasteiger partial charge in [-0.05, 0) is 57.0 Å². The van der Waals surface area contributed by atoms with Crippen LogP contribution >= 0.6 is 0 Å². The first kappa shape index (κ1) is 16.1. The topological polar surface area (TPSA) is 63.6 Å². The lowest BCUT2D eigenvalue weighted by molar-refractivity contribution is 0.774. The second kappa shape index (κ2) is 7.17. The lowest BCUT2D eigenvalue weighted by atomic mass is 10.1.